The molecule has 0 fully saturated rings. The SMILES string of the molecule is [2H]c1c([2H])c(N(c2ccc(-c3c(-c4ccccc4)ccc4ccccc34)cc2)c2cccc(-c3cccc4ccccc34)c2)c(-c2ccccc2)c([2H])c1-c1ccccc1. The maximum atomic E-state index is 9.90. The first-order valence-corrected chi connectivity index (χ1v) is 19.4. The standard InChI is InChI=1S/C56H39N/c1-4-16-40(17-5-1)46-33-37-55(54(39-46)43-20-8-3-9-21-43)57(49-26-14-25-47(38-49)51-29-15-24-41-22-10-12-27-50(41)51)48-34-30-45(31-35-48)56-52-28-13-11-23-44(52)32-36-53(56)42-18-6-2-7-19-42/h1-39H/i33D,37D,39D. The zero-order chi connectivity index (χ0) is 40.6. The van der Waals surface area contributed by atoms with Crippen LogP contribution in [0.4, 0.5) is 17.1 Å². The van der Waals surface area contributed by atoms with Gasteiger partial charge in [-0.3, -0.25) is 0 Å². The number of anilines is 3. The second kappa shape index (κ2) is 15.0. The van der Waals surface area contributed by atoms with Crippen LogP contribution in [0.1, 0.15) is 4.11 Å². The van der Waals surface area contributed by atoms with Gasteiger partial charge in [0.05, 0.1) is 9.80 Å². The van der Waals surface area contributed by atoms with Crippen LogP contribution in [0.3, 0.4) is 0 Å². The van der Waals surface area contributed by atoms with E-state index in [-0.39, 0.29) is 18.1 Å². The van der Waals surface area contributed by atoms with Crippen molar-refractivity contribution in [3.8, 4) is 55.6 Å². The summed E-state index contributed by atoms with van der Waals surface area (Å²) in [7, 11) is 0. The first-order valence-electron chi connectivity index (χ1n) is 20.9. The van der Waals surface area contributed by atoms with Crippen molar-refractivity contribution in [3.05, 3.63) is 237 Å². The molecule has 0 spiro atoms. The minimum absolute atomic E-state index is 0.0102. The van der Waals surface area contributed by atoms with Gasteiger partial charge >= 0.3 is 0 Å². The molecule has 0 saturated carbocycles. The van der Waals surface area contributed by atoms with E-state index in [0.717, 1.165) is 66.7 Å². The Morgan fingerprint density at radius 2 is 0.877 bits per heavy atom. The third-order valence-corrected chi connectivity index (χ3v) is 10.8. The van der Waals surface area contributed by atoms with Crippen molar-refractivity contribution in [2.24, 2.45) is 0 Å². The van der Waals surface area contributed by atoms with Gasteiger partial charge in [0.25, 0.3) is 0 Å². The molecule has 1 heteroatoms. The van der Waals surface area contributed by atoms with Crippen molar-refractivity contribution < 1.29 is 4.11 Å². The molecule has 0 bridgehead atoms. The zero-order valence-electron chi connectivity index (χ0n) is 34.2. The monoisotopic (exact) mass is 728 g/mol. The Kier molecular flexibility index (Phi) is 8.10. The Hall–Kier alpha value is -7.48. The number of benzene rings is 10. The molecular weight excluding hydrogens is 687 g/mol. The molecule has 10 rings (SSSR count). The molecule has 0 unspecified atom stereocenters. The first-order chi connectivity index (χ1) is 29.5. The molecule has 0 heterocycles. The average Bonchev–Trinajstić information content (AvgIpc) is 3.31. The van der Waals surface area contributed by atoms with Crippen LogP contribution in [0.5, 0.6) is 0 Å². The number of hydrogen-bond acceptors (Lipinski definition) is 1. The van der Waals surface area contributed by atoms with Gasteiger partial charge in [0.1, 0.15) is 0 Å². The molecule has 0 aliphatic rings. The smallest absolute Gasteiger partial charge is 0.0645 e. The summed E-state index contributed by atoms with van der Waals surface area (Å²) in [6.07, 6.45) is 0. The fourth-order valence-corrected chi connectivity index (χ4v) is 8.05. The van der Waals surface area contributed by atoms with Gasteiger partial charge < -0.3 is 4.90 Å². The van der Waals surface area contributed by atoms with Crippen LogP contribution in [0, 0.1) is 0 Å². The van der Waals surface area contributed by atoms with Crippen LogP contribution in [0.2, 0.25) is 0 Å². The summed E-state index contributed by atoms with van der Waals surface area (Å²) in [5.74, 6) is 0. The predicted molar refractivity (Wildman–Crippen MR) is 243 cm³/mol. The average molecular weight is 729 g/mol. The Labute approximate surface area is 338 Å². The maximum Gasteiger partial charge on any atom is 0.0645 e. The summed E-state index contributed by atoms with van der Waals surface area (Å²) in [5, 5.41) is 4.64. The third-order valence-electron chi connectivity index (χ3n) is 10.8. The topological polar surface area (TPSA) is 3.24 Å². The van der Waals surface area contributed by atoms with E-state index in [1.54, 1.807) is 0 Å². The molecule has 1 nitrogen and oxygen atoms in total. The van der Waals surface area contributed by atoms with Crippen molar-refractivity contribution in [2.75, 3.05) is 4.90 Å². The lowest BCUT2D eigenvalue weighted by atomic mass is 9.89. The van der Waals surface area contributed by atoms with Crippen LogP contribution in [0.25, 0.3) is 77.2 Å². The highest BCUT2D eigenvalue weighted by atomic mass is 15.1. The Morgan fingerprint density at radius 3 is 1.60 bits per heavy atom. The molecule has 0 saturated heterocycles. The molecule has 0 N–H and O–H groups in total. The summed E-state index contributed by atoms with van der Waals surface area (Å²) in [5.41, 5.74) is 11.3. The summed E-state index contributed by atoms with van der Waals surface area (Å²) < 4.78 is 29.3. The number of hydrogen-bond donors (Lipinski definition) is 0. The molecule has 10 aromatic rings. The predicted octanol–water partition coefficient (Wildman–Crippen LogP) is 15.8. The second-order valence-corrected chi connectivity index (χ2v) is 14.2. The van der Waals surface area contributed by atoms with Gasteiger partial charge in [-0.15, -0.1) is 0 Å². The van der Waals surface area contributed by atoms with E-state index in [2.05, 4.69) is 157 Å². The fourth-order valence-electron chi connectivity index (χ4n) is 8.05. The van der Waals surface area contributed by atoms with Gasteiger partial charge in [-0.1, -0.05) is 200 Å². The van der Waals surface area contributed by atoms with Crippen molar-refractivity contribution >= 4 is 38.6 Å². The highest BCUT2D eigenvalue weighted by molar-refractivity contribution is 6.05. The van der Waals surface area contributed by atoms with Crippen molar-refractivity contribution in [3.63, 3.8) is 0 Å². The van der Waals surface area contributed by atoms with Gasteiger partial charge in [0, 0.05) is 16.9 Å². The normalized spacial score (nSPS) is 11.9. The molecule has 0 aliphatic heterocycles. The molecule has 0 radical (unpaired) electrons. The van der Waals surface area contributed by atoms with E-state index in [9.17, 15) is 4.11 Å². The highest BCUT2D eigenvalue weighted by Crippen LogP contribution is 2.45. The summed E-state index contributed by atoms with van der Waals surface area (Å²) in [4.78, 5) is 2.08. The van der Waals surface area contributed by atoms with Gasteiger partial charge in [-0.25, -0.2) is 0 Å². The molecule has 0 aliphatic carbocycles. The minimum atomic E-state index is 0.0102. The molecule has 0 atom stereocenters. The summed E-state index contributed by atoms with van der Waals surface area (Å²) >= 11 is 0. The van der Waals surface area contributed by atoms with E-state index in [4.69, 9.17) is 0 Å². The molecular formula is C56H39N. The van der Waals surface area contributed by atoms with E-state index >= 15 is 0 Å². The lowest BCUT2D eigenvalue weighted by molar-refractivity contribution is 1.28. The molecule has 0 amide bonds. The van der Waals surface area contributed by atoms with E-state index in [0.29, 0.717) is 16.8 Å². The van der Waals surface area contributed by atoms with E-state index in [1.165, 1.54) is 10.8 Å². The lowest BCUT2D eigenvalue weighted by Gasteiger charge is -2.29. The van der Waals surface area contributed by atoms with Crippen LogP contribution in [0.15, 0.2) is 237 Å². The molecule has 57 heavy (non-hydrogen) atoms. The van der Waals surface area contributed by atoms with Gasteiger partial charge in [0.15, 0.2) is 0 Å². The van der Waals surface area contributed by atoms with Crippen LogP contribution in [-0.2, 0) is 0 Å². The zero-order valence-corrected chi connectivity index (χ0v) is 31.2. The molecule has 0 aromatic heterocycles. The maximum absolute atomic E-state index is 9.90. The number of fused-ring (bicyclic) bond motifs is 2. The molecule has 268 valence electrons. The van der Waals surface area contributed by atoms with Crippen LogP contribution < -0.4 is 4.90 Å². The van der Waals surface area contributed by atoms with Crippen molar-refractivity contribution in [1.29, 1.82) is 0 Å². The fraction of sp³-hybridized carbons (Fsp3) is 0. The quantitative estimate of drug-likeness (QED) is 0.151. The van der Waals surface area contributed by atoms with Gasteiger partial charge in [0.2, 0.25) is 0 Å². The Bertz CT molecular complexity index is 3160. The minimum Gasteiger partial charge on any atom is -0.310 e. The highest BCUT2D eigenvalue weighted by Gasteiger charge is 2.20. The van der Waals surface area contributed by atoms with Crippen molar-refractivity contribution in [1.82, 2.24) is 0 Å². The van der Waals surface area contributed by atoms with Gasteiger partial charge in [-0.2, -0.15) is 0 Å². The third kappa shape index (κ3) is 6.56. The van der Waals surface area contributed by atoms with Gasteiger partial charge in [-0.05, 0) is 108 Å². The lowest BCUT2D eigenvalue weighted by Crippen LogP contribution is -2.11. The van der Waals surface area contributed by atoms with Crippen LogP contribution >= 0.6 is 0 Å². The number of rotatable bonds is 8. The van der Waals surface area contributed by atoms with E-state index in [1.807, 2.05) is 66.7 Å². The largest absolute Gasteiger partial charge is 0.310 e. The van der Waals surface area contributed by atoms with Crippen LogP contribution in [-0.4, -0.2) is 0 Å². The number of nitrogens with zero attached hydrogens (tertiary/aromatic N) is 1. The summed E-state index contributed by atoms with van der Waals surface area (Å²) in [6.45, 7) is 0. The Balaban J connectivity index is 1.23. The second-order valence-electron chi connectivity index (χ2n) is 14.2. The first kappa shape index (κ1) is 30.8. The molecule has 10 aromatic carbocycles. The summed E-state index contributed by atoms with van der Waals surface area (Å²) in [6, 6.07) is 75.0. The van der Waals surface area contributed by atoms with E-state index < -0.39 is 0 Å². The van der Waals surface area contributed by atoms with Crippen molar-refractivity contribution in [2.45, 2.75) is 0 Å². The Morgan fingerprint density at radius 1 is 0.316 bits per heavy atom.